The van der Waals surface area contributed by atoms with E-state index in [0.29, 0.717) is 5.92 Å². The van der Waals surface area contributed by atoms with E-state index in [0.717, 1.165) is 25.3 Å². The molecule has 2 N–H and O–H groups in total. The molecule has 0 radical (unpaired) electrons. The summed E-state index contributed by atoms with van der Waals surface area (Å²) in [5, 5.41) is 13.2. The lowest BCUT2D eigenvalue weighted by Gasteiger charge is -2.33. The highest BCUT2D eigenvalue weighted by Gasteiger charge is 2.27. The van der Waals surface area contributed by atoms with Gasteiger partial charge in [-0.25, -0.2) is 0 Å². The number of hydrogen-bond donors (Lipinski definition) is 2. The first-order chi connectivity index (χ1) is 8.50. The molecule has 1 aromatic rings. The zero-order valence-corrected chi connectivity index (χ0v) is 11.4. The average molecular weight is 249 g/mol. The fourth-order valence-corrected chi connectivity index (χ4v) is 2.16. The van der Waals surface area contributed by atoms with E-state index in [1.807, 2.05) is 32.9 Å². The van der Waals surface area contributed by atoms with E-state index in [9.17, 15) is 5.11 Å². The topological polar surface area (TPSA) is 41.5 Å². The highest BCUT2D eigenvalue weighted by molar-refractivity contribution is 5.37. The van der Waals surface area contributed by atoms with Gasteiger partial charge in [0.15, 0.2) is 0 Å². The van der Waals surface area contributed by atoms with Gasteiger partial charge in [0.2, 0.25) is 0 Å². The summed E-state index contributed by atoms with van der Waals surface area (Å²) in [5.74, 6) is 1.47. The van der Waals surface area contributed by atoms with Gasteiger partial charge in [-0.3, -0.25) is 0 Å². The van der Waals surface area contributed by atoms with Crippen LogP contribution in [-0.2, 0) is 0 Å². The van der Waals surface area contributed by atoms with Gasteiger partial charge in [0.1, 0.15) is 5.75 Å². The van der Waals surface area contributed by atoms with Crippen molar-refractivity contribution in [2.75, 3.05) is 13.2 Å². The summed E-state index contributed by atoms with van der Waals surface area (Å²) in [6.07, 6.45) is 0.660. The van der Waals surface area contributed by atoms with Crippen molar-refractivity contribution in [3.63, 3.8) is 0 Å². The van der Waals surface area contributed by atoms with Crippen molar-refractivity contribution in [2.45, 2.75) is 44.8 Å². The Bertz CT molecular complexity index is 401. The molecule has 18 heavy (non-hydrogen) atoms. The molecule has 0 saturated heterocycles. The number of aliphatic hydroxyl groups is 1. The minimum atomic E-state index is -0.368. The molecule has 3 heteroatoms. The Hall–Kier alpha value is -1.06. The van der Waals surface area contributed by atoms with Gasteiger partial charge in [-0.1, -0.05) is 18.2 Å². The van der Waals surface area contributed by atoms with Gasteiger partial charge in [-0.15, -0.1) is 0 Å². The Kier molecular flexibility index (Phi) is 3.93. The van der Waals surface area contributed by atoms with Gasteiger partial charge in [0.05, 0.1) is 12.7 Å². The predicted molar refractivity (Wildman–Crippen MR) is 73.1 cm³/mol. The second-order valence-electron chi connectivity index (χ2n) is 5.65. The quantitative estimate of drug-likeness (QED) is 0.860. The molecule has 1 heterocycles. The first-order valence-corrected chi connectivity index (χ1v) is 6.65. The molecule has 0 spiro atoms. The molecule has 0 saturated carbocycles. The van der Waals surface area contributed by atoms with Crippen molar-refractivity contribution in [3.05, 3.63) is 29.8 Å². The zero-order valence-electron chi connectivity index (χ0n) is 11.4. The van der Waals surface area contributed by atoms with Crippen LogP contribution in [0.3, 0.4) is 0 Å². The van der Waals surface area contributed by atoms with Crippen LogP contribution >= 0.6 is 0 Å². The van der Waals surface area contributed by atoms with E-state index in [1.165, 1.54) is 5.56 Å². The van der Waals surface area contributed by atoms with Gasteiger partial charge >= 0.3 is 0 Å². The van der Waals surface area contributed by atoms with E-state index in [2.05, 4.69) is 17.4 Å². The Labute approximate surface area is 109 Å². The van der Waals surface area contributed by atoms with Crippen LogP contribution in [0.15, 0.2) is 24.3 Å². The van der Waals surface area contributed by atoms with Crippen LogP contribution in [0.25, 0.3) is 0 Å². The number of aliphatic hydroxyl groups excluding tert-OH is 1. The van der Waals surface area contributed by atoms with E-state index < -0.39 is 0 Å². The number of para-hydroxylation sites is 1. The van der Waals surface area contributed by atoms with Gasteiger partial charge in [-0.2, -0.15) is 0 Å². The number of hydrogen-bond acceptors (Lipinski definition) is 3. The van der Waals surface area contributed by atoms with Crippen molar-refractivity contribution in [1.29, 1.82) is 0 Å². The molecule has 2 atom stereocenters. The maximum absolute atomic E-state index is 9.72. The summed E-state index contributed by atoms with van der Waals surface area (Å²) < 4.78 is 5.66. The summed E-state index contributed by atoms with van der Waals surface area (Å²) >= 11 is 0. The van der Waals surface area contributed by atoms with Crippen LogP contribution in [0.1, 0.15) is 38.7 Å². The van der Waals surface area contributed by atoms with Crippen LogP contribution < -0.4 is 10.1 Å². The van der Waals surface area contributed by atoms with Crippen molar-refractivity contribution in [2.24, 2.45) is 0 Å². The molecule has 1 aliphatic rings. The predicted octanol–water partition coefficient (Wildman–Crippen LogP) is 2.30. The Balaban J connectivity index is 2.04. The molecule has 0 amide bonds. The van der Waals surface area contributed by atoms with Crippen LogP contribution in [0.2, 0.25) is 0 Å². The summed E-state index contributed by atoms with van der Waals surface area (Å²) in [6, 6.07) is 8.23. The van der Waals surface area contributed by atoms with Crippen molar-refractivity contribution in [3.8, 4) is 5.75 Å². The third kappa shape index (κ3) is 2.85. The number of nitrogens with one attached hydrogen (secondary N) is 1. The standard InChI is InChI=1S/C15H23NO2/c1-11(17)15(2,3)16-10-12-8-9-18-14-7-5-4-6-13(12)14/h4-7,11-12,16-17H,8-10H2,1-3H3. The van der Waals surface area contributed by atoms with Crippen molar-refractivity contribution in [1.82, 2.24) is 5.32 Å². The maximum Gasteiger partial charge on any atom is 0.122 e. The SMILES string of the molecule is CC(O)C(C)(C)NCC1CCOc2ccccc21. The molecule has 100 valence electrons. The number of rotatable bonds is 4. The largest absolute Gasteiger partial charge is 0.493 e. The highest BCUT2D eigenvalue weighted by Crippen LogP contribution is 2.33. The summed E-state index contributed by atoms with van der Waals surface area (Å²) in [5.41, 5.74) is 1.02. The molecule has 1 aromatic carbocycles. The van der Waals surface area contributed by atoms with E-state index in [1.54, 1.807) is 0 Å². The molecule has 2 rings (SSSR count). The molecule has 0 aromatic heterocycles. The smallest absolute Gasteiger partial charge is 0.122 e. The first-order valence-electron chi connectivity index (χ1n) is 6.65. The second-order valence-corrected chi connectivity index (χ2v) is 5.65. The first kappa shape index (κ1) is 13.4. The lowest BCUT2D eigenvalue weighted by atomic mass is 9.91. The monoisotopic (exact) mass is 249 g/mol. The number of ether oxygens (including phenoxy) is 1. The van der Waals surface area contributed by atoms with Crippen LogP contribution in [0.4, 0.5) is 0 Å². The molecule has 3 nitrogen and oxygen atoms in total. The fourth-order valence-electron chi connectivity index (χ4n) is 2.16. The Morgan fingerprint density at radius 2 is 2.17 bits per heavy atom. The fraction of sp³-hybridized carbons (Fsp3) is 0.600. The Morgan fingerprint density at radius 3 is 2.89 bits per heavy atom. The van der Waals surface area contributed by atoms with Crippen LogP contribution in [-0.4, -0.2) is 29.9 Å². The lowest BCUT2D eigenvalue weighted by molar-refractivity contribution is 0.0943. The summed E-state index contributed by atoms with van der Waals surface area (Å²) in [4.78, 5) is 0. The number of fused-ring (bicyclic) bond motifs is 1. The van der Waals surface area contributed by atoms with Crippen LogP contribution in [0.5, 0.6) is 5.75 Å². The van der Waals surface area contributed by atoms with Crippen LogP contribution in [0, 0.1) is 0 Å². The molecule has 2 unspecified atom stereocenters. The van der Waals surface area contributed by atoms with Gasteiger partial charge in [-0.05, 0) is 38.8 Å². The molecule has 1 aliphatic heterocycles. The third-order valence-electron chi connectivity index (χ3n) is 3.93. The Morgan fingerprint density at radius 1 is 1.44 bits per heavy atom. The normalized spacial score (nSPS) is 21.0. The minimum absolute atomic E-state index is 0.257. The molecular weight excluding hydrogens is 226 g/mol. The molecule has 0 aliphatic carbocycles. The van der Waals surface area contributed by atoms with Crippen molar-refractivity contribution >= 4 is 0 Å². The molecule has 0 bridgehead atoms. The average Bonchev–Trinajstić information content (AvgIpc) is 2.36. The van der Waals surface area contributed by atoms with E-state index >= 15 is 0 Å². The van der Waals surface area contributed by atoms with E-state index in [4.69, 9.17) is 4.74 Å². The zero-order chi connectivity index (χ0) is 13.2. The lowest BCUT2D eigenvalue weighted by Crippen LogP contribution is -2.49. The van der Waals surface area contributed by atoms with E-state index in [-0.39, 0.29) is 11.6 Å². The van der Waals surface area contributed by atoms with Gasteiger partial charge < -0.3 is 15.2 Å². The molecular formula is C15H23NO2. The highest BCUT2D eigenvalue weighted by atomic mass is 16.5. The number of benzene rings is 1. The minimum Gasteiger partial charge on any atom is -0.493 e. The molecule has 0 fully saturated rings. The van der Waals surface area contributed by atoms with Gasteiger partial charge in [0.25, 0.3) is 0 Å². The summed E-state index contributed by atoms with van der Waals surface area (Å²) in [6.45, 7) is 7.54. The van der Waals surface area contributed by atoms with Crippen molar-refractivity contribution < 1.29 is 9.84 Å². The third-order valence-corrected chi connectivity index (χ3v) is 3.93. The summed E-state index contributed by atoms with van der Waals surface area (Å²) in [7, 11) is 0. The van der Waals surface area contributed by atoms with Gasteiger partial charge in [0, 0.05) is 18.0 Å². The second kappa shape index (κ2) is 5.29. The maximum atomic E-state index is 9.72.